The monoisotopic (exact) mass is 181 g/mol. The van der Waals surface area contributed by atoms with E-state index in [9.17, 15) is 0 Å². The second kappa shape index (κ2) is 5.85. The molecule has 76 valence electrons. The minimum absolute atomic E-state index is 0.500. The van der Waals surface area contributed by atoms with Crippen molar-refractivity contribution in [2.75, 3.05) is 0 Å². The molecule has 0 amide bonds. The van der Waals surface area contributed by atoms with E-state index >= 15 is 0 Å². The maximum atomic E-state index is 3.45. The van der Waals surface area contributed by atoms with Crippen molar-refractivity contribution in [1.29, 1.82) is 0 Å². The summed E-state index contributed by atoms with van der Waals surface area (Å²) in [6, 6.07) is 0.500. The highest BCUT2D eigenvalue weighted by atomic mass is 14.9. The Morgan fingerprint density at radius 2 is 1.69 bits per heavy atom. The molecule has 0 saturated carbocycles. The maximum Gasteiger partial charge on any atom is 0.0330 e. The highest BCUT2D eigenvalue weighted by Crippen LogP contribution is 2.13. The van der Waals surface area contributed by atoms with Crippen LogP contribution in [-0.2, 0) is 0 Å². The smallest absolute Gasteiger partial charge is 0.0330 e. The molecule has 0 saturated heterocycles. The van der Waals surface area contributed by atoms with E-state index in [-0.39, 0.29) is 0 Å². The number of rotatable bonds is 4. The van der Waals surface area contributed by atoms with E-state index in [1.165, 1.54) is 11.3 Å². The van der Waals surface area contributed by atoms with Crippen LogP contribution in [0, 0.1) is 5.92 Å². The fourth-order valence-corrected chi connectivity index (χ4v) is 1.08. The molecule has 1 nitrogen and oxygen atoms in total. The van der Waals surface area contributed by atoms with E-state index in [1.54, 1.807) is 0 Å². The first-order valence-corrected chi connectivity index (χ1v) is 5.09. The van der Waals surface area contributed by atoms with E-state index in [2.05, 4.69) is 59.0 Å². The molecule has 1 heteroatoms. The van der Waals surface area contributed by atoms with Crippen molar-refractivity contribution in [3.05, 3.63) is 23.4 Å². The number of allylic oxidation sites excluding steroid dienone is 3. The van der Waals surface area contributed by atoms with Crippen LogP contribution in [0.4, 0.5) is 0 Å². The summed E-state index contributed by atoms with van der Waals surface area (Å²) in [6.07, 6.45) is 4.23. The Labute approximate surface area is 82.9 Å². The minimum Gasteiger partial charge on any atom is -0.383 e. The lowest BCUT2D eigenvalue weighted by Crippen LogP contribution is -2.22. The second-order valence-electron chi connectivity index (χ2n) is 4.05. The third kappa shape index (κ3) is 4.76. The molecule has 0 spiro atoms. The largest absolute Gasteiger partial charge is 0.383 e. The van der Waals surface area contributed by atoms with Gasteiger partial charge in [-0.3, -0.25) is 0 Å². The van der Waals surface area contributed by atoms with Crippen molar-refractivity contribution in [2.45, 2.75) is 47.6 Å². The molecule has 0 aliphatic heterocycles. The van der Waals surface area contributed by atoms with Gasteiger partial charge in [-0.2, -0.15) is 0 Å². The van der Waals surface area contributed by atoms with Crippen molar-refractivity contribution >= 4 is 0 Å². The summed E-state index contributed by atoms with van der Waals surface area (Å²) in [7, 11) is 0. The Morgan fingerprint density at radius 3 is 2.00 bits per heavy atom. The molecule has 0 aromatic rings. The van der Waals surface area contributed by atoms with Crippen LogP contribution in [-0.4, -0.2) is 6.04 Å². The van der Waals surface area contributed by atoms with Crippen LogP contribution in [0.15, 0.2) is 23.4 Å². The van der Waals surface area contributed by atoms with Crippen molar-refractivity contribution in [1.82, 2.24) is 5.32 Å². The zero-order chi connectivity index (χ0) is 10.4. The SMILES string of the molecule is C/C=C\C(NC(C)C)=C(/C)C(C)C. The molecule has 13 heavy (non-hydrogen) atoms. The van der Waals surface area contributed by atoms with E-state index < -0.39 is 0 Å². The van der Waals surface area contributed by atoms with Gasteiger partial charge in [0.05, 0.1) is 0 Å². The normalized spacial score (nSPS) is 14.2. The zero-order valence-electron chi connectivity index (χ0n) is 9.81. The Bertz CT molecular complexity index is 197. The molecule has 0 rings (SSSR count). The first-order chi connectivity index (χ1) is 5.99. The van der Waals surface area contributed by atoms with Gasteiger partial charge in [0, 0.05) is 11.7 Å². The lowest BCUT2D eigenvalue weighted by molar-refractivity contribution is 0.653. The molecule has 0 aliphatic carbocycles. The highest BCUT2D eigenvalue weighted by Gasteiger charge is 2.03. The number of hydrogen-bond acceptors (Lipinski definition) is 1. The van der Waals surface area contributed by atoms with Crippen LogP contribution in [0.2, 0.25) is 0 Å². The van der Waals surface area contributed by atoms with Crippen LogP contribution in [0.1, 0.15) is 41.5 Å². The molecule has 0 fully saturated rings. The van der Waals surface area contributed by atoms with E-state index in [0.717, 1.165) is 0 Å². The Balaban J connectivity index is 4.66. The Morgan fingerprint density at radius 1 is 1.15 bits per heavy atom. The molecule has 0 aromatic carbocycles. The molecule has 0 atom stereocenters. The third-order valence-corrected chi connectivity index (χ3v) is 2.07. The topological polar surface area (TPSA) is 12.0 Å². The number of hydrogen-bond donors (Lipinski definition) is 1. The summed E-state index contributed by atoms with van der Waals surface area (Å²) in [5, 5.41) is 3.45. The summed E-state index contributed by atoms with van der Waals surface area (Å²) < 4.78 is 0. The van der Waals surface area contributed by atoms with Crippen molar-refractivity contribution < 1.29 is 0 Å². The molecule has 1 N–H and O–H groups in total. The van der Waals surface area contributed by atoms with Gasteiger partial charge in [0.25, 0.3) is 0 Å². The molecular weight excluding hydrogens is 158 g/mol. The van der Waals surface area contributed by atoms with Gasteiger partial charge in [0.1, 0.15) is 0 Å². The van der Waals surface area contributed by atoms with Crippen molar-refractivity contribution in [2.24, 2.45) is 5.92 Å². The van der Waals surface area contributed by atoms with Gasteiger partial charge in [0.2, 0.25) is 0 Å². The summed E-state index contributed by atoms with van der Waals surface area (Å²) in [5.74, 6) is 0.609. The van der Waals surface area contributed by atoms with E-state index in [0.29, 0.717) is 12.0 Å². The zero-order valence-corrected chi connectivity index (χ0v) is 9.81. The molecule has 0 aromatic heterocycles. The standard InChI is InChI=1S/C12H23N/c1-7-8-12(13-10(4)5)11(6)9(2)3/h7-10,13H,1-6H3/b8-7-,12-11-. The maximum absolute atomic E-state index is 3.45. The first kappa shape index (κ1) is 12.3. The fraction of sp³-hybridized carbons (Fsp3) is 0.667. The summed E-state index contributed by atoms with van der Waals surface area (Å²) in [6.45, 7) is 13.0. The minimum atomic E-state index is 0.500. The highest BCUT2D eigenvalue weighted by molar-refractivity contribution is 5.24. The van der Waals surface area contributed by atoms with E-state index in [4.69, 9.17) is 0 Å². The van der Waals surface area contributed by atoms with Crippen LogP contribution in [0.25, 0.3) is 0 Å². The molecule has 0 unspecified atom stereocenters. The average molecular weight is 181 g/mol. The van der Waals surface area contributed by atoms with Crippen molar-refractivity contribution in [3.8, 4) is 0 Å². The second-order valence-corrected chi connectivity index (χ2v) is 4.05. The van der Waals surface area contributed by atoms with Gasteiger partial charge in [-0.15, -0.1) is 0 Å². The van der Waals surface area contributed by atoms with Gasteiger partial charge in [-0.05, 0) is 45.3 Å². The Kier molecular flexibility index (Phi) is 5.52. The van der Waals surface area contributed by atoms with E-state index in [1.807, 2.05) is 0 Å². The summed E-state index contributed by atoms with van der Waals surface area (Å²) in [4.78, 5) is 0. The fourth-order valence-electron chi connectivity index (χ4n) is 1.08. The van der Waals surface area contributed by atoms with Gasteiger partial charge < -0.3 is 5.32 Å². The molecule has 0 bridgehead atoms. The van der Waals surface area contributed by atoms with Gasteiger partial charge in [-0.25, -0.2) is 0 Å². The number of nitrogens with one attached hydrogen (secondary N) is 1. The average Bonchev–Trinajstić information content (AvgIpc) is 2.01. The lowest BCUT2D eigenvalue weighted by Gasteiger charge is -2.16. The first-order valence-electron chi connectivity index (χ1n) is 5.09. The Hall–Kier alpha value is -0.720. The van der Waals surface area contributed by atoms with Gasteiger partial charge in [0.15, 0.2) is 0 Å². The van der Waals surface area contributed by atoms with Crippen LogP contribution in [0.5, 0.6) is 0 Å². The van der Waals surface area contributed by atoms with Crippen LogP contribution >= 0.6 is 0 Å². The molecule has 0 aliphatic rings. The molecule has 0 radical (unpaired) electrons. The van der Waals surface area contributed by atoms with Gasteiger partial charge in [-0.1, -0.05) is 19.9 Å². The molecular formula is C12H23N. The predicted molar refractivity (Wildman–Crippen MR) is 60.6 cm³/mol. The summed E-state index contributed by atoms with van der Waals surface area (Å²) >= 11 is 0. The predicted octanol–water partition coefficient (Wildman–Crippen LogP) is 3.49. The van der Waals surface area contributed by atoms with Crippen LogP contribution < -0.4 is 5.32 Å². The van der Waals surface area contributed by atoms with Crippen LogP contribution in [0.3, 0.4) is 0 Å². The third-order valence-electron chi connectivity index (χ3n) is 2.07. The summed E-state index contributed by atoms with van der Waals surface area (Å²) in [5.41, 5.74) is 2.69. The lowest BCUT2D eigenvalue weighted by atomic mass is 10.0. The van der Waals surface area contributed by atoms with Crippen molar-refractivity contribution in [3.63, 3.8) is 0 Å². The molecule has 0 heterocycles. The quantitative estimate of drug-likeness (QED) is 0.655. The van der Waals surface area contributed by atoms with Gasteiger partial charge >= 0.3 is 0 Å².